The van der Waals surface area contributed by atoms with E-state index in [0.29, 0.717) is 13.0 Å². The first-order valence-corrected chi connectivity index (χ1v) is 8.29. The molecule has 0 bridgehead atoms. The van der Waals surface area contributed by atoms with E-state index in [-0.39, 0.29) is 5.91 Å². The third-order valence-electron chi connectivity index (χ3n) is 3.95. The Morgan fingerprint density at radius 2 is 1.79 bits per heavy atom. The third kappa shape index (κ3) is 5.70. The van der Waals surface area contributed by atoms with Crippen LogP contribution in [0.1, 0.15) is 23.1 Å². The number of nitrogens with one attached hydrogen (secondary N) is 2. The summed E-state index contributed by atoms with van der Waals surface area (Å²) >= 11 is 0. The zero-order valence-corrected chi connectivity index (χ0v) is 14.7. The first-order chi connectivity index (χ1) is 11.6. The van der Waals surface area contributed by atoms with Gasteiger partial charge in [-0.2, -0.15) is 0 Å². The van der Waals surface area contributed by atoms with Gasteiger partial charge in [-0.15, -0.1) is 0 Å². The molecule has 128 valence electrons. The first-order valence-electron chi connectivity index (χ1n) is 8.29. The van der Waals surface area contributed by atoms with E-state index in [9.17, 15) is 4.79 Å². The Hall–Kier alpha value is -2.33. The van der Waals surface area contributed by atoms with E-state index in [2.05, 4.69) is 22.8 Å². The molecule has 0 aromatic heterocycles. The molecule has 4 heteroatoms. The van der Waals surface area contributed by atoms with Crippen molar-refractivity contribution in [1.29, 1.82) is 0 Å². The van der Waals surface area contributed by atoms with Gasteiger partial charge in [-0.05, 0) is 61.7 Å². The summed E-state index contributed by atoms with van der Waals surface area (Å²) in [4.78, 5) is 12.0. The van der Waals surface area contributed by atoms with Crippen LogP contribution in [0.4, 0.5) is 5.69 Å². The minimum absolute atomic E-state index is 0.0423. The number of aryl methyl sites for hydroxylation is 2. The molecule has 2 aromatic rings. The van der Waals surface area contributed by atoms with Crippen molar-refractivity contribution < 1.29 is 9.53 Å². The van der Waals surface area contributed by atoms with Crippen LogP contribution in [0.5, 0.6) is 5.75 Å². The van der Waals surface area contributed by atoms with Gasteiger partial charge in [-0.25, -0.2) is 0 Å². The van der Waals surface area contributed by atoms with Crippen molar-refractivity contribution in [1.82, 2.24) is 5.32 Å². The molecule has 0 aliphatic carbocycles. The predicted molar refractivity (Wildman–Crippen MR) is 98.7 cm³/mol. The monoisotopic (exact) mass is 326 g/mol. The molecule has 0 spiro atoms. The van der Waals surface area contributed by atoms with Gasteiger partial charge in [-0.1, -0.05) is 24.3 Å². The van der Waals surface area contributed by atoms with Crippen molar-refractivity contribution in [2.45, 2.75) is 26.7 Å². The summed E-state index contributed by atoms with van der Waals surface area (Å²) in [6.45, 7) is 5.55. The normalized spacial score (nSPS) is 10.5. The van der Waals surface area contributed by atoms with Gasteiger partial charge >= 0.3 is 0 Å². The van der Waals surface area contributed by atoms with E-state index < -0.39 is 0 Å². The van der Waals surface area contributed by atoms with E-state index in [4.69, 9.17) is 4.74 Å². The predicted octanol–water partition coefficient (Wildman–Crippen LogP) is 3.47. The van der Waals surface area contributed by atoms with Gasteiger partial charge < -0.3 is 15.4 Å². The minimum Gasteiger partial charge on any atom is -0.497 e. The molecule has 0 atom stereocenters. The van der Waals surface area contributed by atoms with Gasteiger partial charge in [0.1, 0.15) is 5.75 Å². The Morgan fingerprint density at radius 1 is 1.04 bits per heavy atom. The zero-order valence-electron chi connectivity index (χ0n) is 14.7. The molecule has 4 nitrogen and oxygen atoms in total. The Balaban J connectivity index is 1.66. The fraction of sp³-hybridized carbons (Fsp3) is 0.350. The van der Waals surface area contributed by atoms with Gasteiger partial charge in [-0.3, -0.25) is 4.79 Å². The van der Waals surface area contributed by atoms with Crippen molar-refractivity contribution in [3.63, 3.8) is 0 Å². The van der Waals surface area contributed by atoms with Crippen LogP contribution in [-0.4, -0.2) is 26.1 Å². The van der Waals surface area contributed by atoms with Crippen molar-refractivity contribution in [3.05, 3.63) is 59.2 Å². The van der Waals surface area contributed by atoms with Crippen LogP contribution in [0.2, 0.25) is 0 Å². The van der Waals surface area contributed by atoms with Crippen molar-refractivity contribution in [2.24, 2.45) is 0 Å². The lowest BCUT2D eigenvalue weighted by Crippen LogP contribution is -2.23. The summed E-state index contributed by atoms with van der Waals surface area (Å²) in [6, 6.07) is 14.1. The Kier molecular flexibility index (Phi) is 6.82. The molecule has 2 N–H and O–H groups in total. The molecule has 0 aliphatic heterocycles. The number of anilines is 1. The molecule has 0 aliphatic rings. The van der Waals surface area contributed by atoms with E-state index >= 15 is 0 Å². The van der Waals surface area contributed by atoms with Crippen molar-refractivity contribution >= 4 is 11.6 Å². The quantitative estimate of drug-likeness (QED) is 0.730. The van der Waals surface area contributed by atoms with Crippen molar-refractivity contribution in [2.75, 3.05) is 25.5 Å². The number of benzene rings is 2. The Bertz CT molecular complexity index is 666. The Labute approximate surface area is 144 Å². The molecule has 24 heavy (non-hydrogen) atoms. The van der Waals surface area contributed by atoms with E-state index in [1.807, 2.05) is 44.2 Å². The number of ether oxygens (including phenoxy) is 1. The number of amides is 1. The van der Waals surface area contributed by atoms with Crippen LogP contribution in [0.25, 0.3) is 0 Å². The smallest absolute Gasteiger partial charge is 0.225 e. The highest BCUT2D eigenvalue weighted by atomic mass is 16.5. The van der Waals surface area contributed by atoms with E-state index in [1.165, 1.54) is 5.56 Å². The molecular weight excluding hydrogens is 300 g/mol. The number of hydrogen-bond donors (Lipinski definition) is 2. The molecule has 2 rings (SSSR count). The van der Waals surface area contributed by atoms with E-state index in [1.54, 1.807) is 7.11 Å². The largest absolute Gasteiger partial charge is 0.497 e. The lowest BCUT2D eigenvalue weighted by molar-refractivity contribution is -0.116. The molecule has 2 aromatic carbocycles. The van der Waals surface area contributed by atoms with Gasteiger partial charge in [0, 0.05) is 18.7 Å². The highest BCUT2D eigenvalue weighted by molar-refractivity contribution is 5.91. The summed E-state index contributed by atoms with van der Waals surface area (Å²) in [5, 5.41) is 6.29. The molecule has 0 unspecified atom stereocenters. The summed E-state index contributed by atoms with van der Waals surface area (Å²) in [5.41, 5.74) is 4.39. The second kappa shape index (κ2) is 9.08. The maximum Gasteiger partial charge on any atom is 0.225 e. The standard InChI is InChI=1S/C20H26N2O2/c1-15-4-5-16(2)19(14-15)22-20(23)11-13-21-12-10-17-6-8-18(24-3)9-7-17/h4-9,14,21H,10-13H2,1-3H3,(H,22,23). The van der Waals surface area contributed by atoms with Gasteiger partial charge in [0.15, 0.2) is 0 Å². The van der Waals surface area contributed by atoms with E-state index in [0.717, 1.165) is 35.5 Å². The summed E-state index contributed by atoms with van der Waals surface area (Å²) in [7, 11) is 1.67. The summed E-state index contributed by atoms with van der Waals surface area (Å²) < 4.78 is 5.14. The van der Waals surface area contributed by atoms with Crippen LogP contribution >= 0.6 is 0 Å². The van der Waals surface area contributed by atoms with Crippen molar-refractivity contribution in [3.8, 4) is 5.75 Å². The third-order valence-corrected chi connectivity index (χ3v) is 3.95. The number of carbonyl (C=O) groups is 1. The zero-order chi connectivity index (χ0) is 17.4. The molecule has 0 heterocycles. The second-order valence-electron chi connectivity index (χ2n) is 5.96. The lowest BCUT2D eigenvalue weighted by atomic mass is 10.1. The number of hydrogen-bond acceptors (Lipinski definition) is 3. The number of methoxy groups -OCH3 is 1. The molecule has 0 saturated carbocycles. The Morgan fingerprint density at radius 3 is 2.50 bits per heavy atom. The van der Waals surface area contributed by atoms with Crippen LogP contribution in [0.3, 0.4) is 0 Å². The van der Waals surface area contributed by atoms with Gasteiger partial charge in [0.2, 0.25) is 5.91 Å². The van der Waals surface area contributed by atoms with Crippen LogP contribution in [0, 0.1) is 13.8 Å². The van der Waals surface area contributed by atoms with Crippen LogP contribution in [-0.2, 0) is 11.2 Å². The lowest BCUT2D eigenvalue weighted by Gasteiger charge is -2.10. The van der Waals surface area contributed by atoms with Crippen LogP contribution in [0.15, 0.2) is 42.5 Å². The second-order valence-corrected chi connectivity index (χ2v) is 5.96. The van der Waals surface area contributed by atoms with Gasteiger partial charge in [0.25, 0.3) is 0 Å². The first kappa shape index (κ1) is 18.0. The summed E-state index contributed by atoms with van der Waals surface area (Å²) in [5.74, 6) is 0.912. The average Bonchev–Trinajstić information content (AvgIpc) is 2.58. The van der Waals surface area contributed by atoms with Gasteiger partial charge in [0.05, 0.1) is 7.11 Å². The molecule has 1 amide bonds. The number of rotatable bonds is 8. The fourth-order valence-corrected chi connectivity index (χ4v) is 2.44. The molecule has 0 fully saturated rings. The maximum absolute atomic E-state index is 12.0. The maximum atomic E-state index is 12.0. The molecule has 0 radical (unpaired) electrons. The average molecular weight is 326 g/mol. The SMILES string of the molecule is COc1ccc(CCNCCC(=O)Nc2cc(C)ccc2C)cc1. The number of carbonyl (C=O) groups excluding carboxylic acids is 1. The summed E-state index contributed by atoms with van der Waals surface area (Å²) in [6.07, 6.45) is 1.40. The molecular formula is C20H26N2O2. The minimum atomic E-state index is 0.0423. The fourth-order valence-electron chi connectivity index (χ4n) is 2.44. The molecule has 0 saturated heterocycles. The topological polar surface area (TPSA) is 50.4 Å². The van der Waals surface area contributed by atoms with Crippen LogP contribution < -0.4 is 15.4 Å². The highest BCUT2D eigenvalue weighted by Crippen LogP contribution is 2.16. The highest BCUT2D eigenvalue weighted by Gasteiger charge is 2.04.